The van der Waals surface area contributed by atoms with E-state index in [2.05, 4.69) is 18.6 Å². The van der Waals surface area contributed by atoms with Crippen molar-refractivity contribution < 1.29 is 8.42 Å². The standard InChI is InChI=1S/C13H29N3O2S/c1-4-13(5-2)11(3)15-19(17,18)16-8-6-12(10-14)7-9-16/h11-13,15H,4-10,14H2,1-3H3. The van der Waals surface area contributed by atoms with E-state index in [0.29, 0.717) is 31.5 Å². The van der Waals surface area contributed by atoms with E-state index < -0.39 is 10.2 Å². The molecule has 6 heteroatoms. The highest BCUT2D eigenvalue weighted by atomic mass is 32.2. The summed E-state index contributed by atoms with van der Waals surface area (Å²) >= 11 is 0. The van der Waals surface area contributed by atoms with Crippen LogP contribution >= 0.6 is 0 Å². The molecular weight excluding hydrogens is 262 g/mol. The van der Waals surface area contributed by atoms with Gasteiger partial charge in [0.15, 0.2) is 0 Å². The maximum absolute atomic E-state index is 12.3. The molecule has 1 rings (SSSR count). The van der Waals surface area contributed by atoms with E-state index in [9.17, 15) is 8.42 Å². The van der Waals surface area contributed by atoms with Gasteiger partial charge >= 0.3 is 0 Å². The van der Waals surface area contributed by atoms with Crippen molar-refractivity contribution in [2.75, 3.05) is 19.6 Å². The summed E-state index contributed by atoms with van der Waals surface area (Å²) in [5, 5.41) is 0. The third-order valence-corrected chi connectivity index (χ3v) is 6.05. The summed E-state index contributed by atoms with van der Waals surface area (Å²) in [6, 6.07) is -0.00719. The van der Waals surface area contributed by atoms with Crippen molar-refractivity contribution in [3.8, 4) is 0 Å². The van der Waals surface area contributed by atoms with Crippen LogP contribution in [0, 0.1) is 11.8 Å². The summed E-state index contributed by atoms with van der Waals surface area (Å²) in [5.74, 6) is 0.874. The van der Waals surface area contributed by atoms with Gasteiger partial charge in [-0.05, 0) is 38.1 Å². The monoisotopic (exact) mass is 291 g/mol. The number of hydrogen-bond donors (Lipinski definition) is 2. The first-order chi connectivity index (χ1) is 8.94. The third kappa shape index (κ3) is 4.70. The maximum atomic E-state index is 12.3. The molecule has 0 aliphatic carbocycles. The minimum absolute atomic E-state index is 0.00719. The van der Waals surface area contributed by atoms with Crippen LogP contribution in [0.25, 0.3) is 0 Å². The van der Waals surface area contributed by atoms with Crippen molar-refractivity contribution in [1.29, 1.82) is 0 Å². The average Bonchev–Trinajstić information content (AvgIpc) is 2.39. The predicted octanol–water partition coefficient (Wildman–Crippen LogP) is 1.32. The highest BCUT2D eigenvalue weighted by molar-refractivity contribution is 7.87. The quantitative estimate of drug-likeness (QED) is 0.743. The van der Waals surface area contributed by atoms with Crippen molar-refractivity contribution >= 4 is 10.2 Å². The molecule has 1 saturated heterocycles. The molecule has 1 fully saturated rings. The van der Waals surface area contributed by atoms with Crippen LogP contribution in [0.15, 0.2) is 0 Å². The summed E-state index contributed by atoms with van der Waals surface area (Å²) in [5.41, 5.74) is 5.63. The first-order valence-electron chi connectivity index (χ1n) is 7.42. The number of nitrogens with one attached hydrogen (secondary N) is 1. The molecule has 1 unspecified atom stereocenters. The average molecular weight is 291 g/mol. The number of hydrogen-bond acceptors (Lipinski definition) is 3. The van der Waals surface area contributed by atoms with Crippen molar-refractivity contribution in [2.45, 2.75) is 52.5 Å². The molecule has 0 amide bonds. The van der Waals surface area contributed by atoms with Crippen LogP contribution in [-0.2, 0) is 10.2 Å². The lowest BCUT2D eigenvalue weighted by atomic mass is 9.96. The van der Waals surface area contributed by atoms with Gasteiger partial charge in [-0.2, -0.15) is 17.4 Å². The van der Waals surface area contributed by atoms with Gasteiger partial charge in [-0.25, -0.2) is 0 Å². The second-order valence-electron chi connectivity index (χ2n) is 5.57. The Bertz CT molecular complexity index is 347. The van der Waals surface area contributed by atoms with Crippen LogP contribution in [0.4, 0.5) is 0 Å². The van der Waals surface area contributed by atoms with E-state index in [4.69, 9.17) is 5.73 Å². The largest absolute Gasteiger partial charge is 0.330 e. The Kier molecular flexibility index (Phi) is 6.73. The number of piperidine rings is 1. The topological polar surface area (TPSA) is 75.4 Å². The molecule has 0 bridgehead atoms. The highest BCUT2D eigenvalue weighted by Gasteiger charge is 2.29. The number of nitrogens with two attached hydrogens (primary N) is 1. The molecule has 1 atom stereocenters. The minimum atomic E-state index is -3.34. The van der Waals surface area contributed by atoms with Crippen molar-refractivity contribution in [3.63, 3.8) is 0 Å². The molecule has 1 aliphatic heterocycles. The van der Waals surface area contributed by atoms with Gasteiger partial charge in [0, 0.05) is 19.1 Å². The van der Waals surface area contributed by atoms with Crippen molar-refractivity contribution in [1.82, 2.24) is 9.03 Å². The van der Waals surface area contributed by atoms with Crippen molar-refractivity contribution in [2.24, 2.45) is 17.6 Å². The summed E-state index contributed by atoms with van der Waals surface area (Å²) in [6.07, 6.45) is 3.73. The van der Waals surface area contributed by atoms with E-state index in [-0.39, 0.29) is 6.04 Å². The fourth-order valence-electron chi connectivity index (χ4n) is 2.79. The molecular formula is C13H29N3O2S. The Morgan fingerprint density at radius 3 is 2.21 bits per heavy atom. The second-order valence-corrected chi connectivity index (χ2v) is 7.27. The molecule has 3 N–H and O–H groups in total. The lowest BCUT2D eigenvalue weighted by Crippen LogP contribution is -2.49. The first kappa shape index (κ1) is 16.9. The van der Waals surface area contributed by atoms with Gasteiger partial charge in [0.05, 0.1) is 0 Å². The second kappa shape index (κ2) is 7.57. The van der Waals surface area contributed by atoms with E-state index in [0.717, 1.165) is 25.7 Å². The fraction of sp³-hybridized carbons (Fsp3) is 1.00. The van der Waals surface area contributed by atoms with Gasteiger partial charge in [-0.15, -0.1) is 0 Å². The van der Waals surface area contributed by atoms with Crippen LogP contribution < -0.4 is 10.5 Å². The number of rotatable bonds is 7. The lowest BCUT2D eigenvalue weighted by Gasteiger charge is -2.32. The first-order valence-corrected chi connectivity index (χ1v) is 8.86. The predicted molar refractivity (Wildman–Crippen MR) is 78.9 cm³/mol. The Morgan fingerprint density at radius 2 is 1.79 bits per heavy atom. The zero-order valence-corrected chi connectivity index (χ0v) is 13.2. The molecule has 5 nitrogen and oxygen atoms in total. The molecule has 1 aliphatic rings. The third-order valence-electron chi connectivity index (χ3n) is 4.34. The summed E-state index contributed by atoms with van der Waals surface area (Å²) in [7, 11) is -3.34. The number of nitrogens with zero attached hydrogens (tertiary/aromatic N) is 1. The molecule has 114 valence electrons. The Balaban J connectivity index is 2.57. The zero-order chi connectivity index (χ0) is 14.5. The normalized spacial score (nSPS) is 20.9. The molecule has 0 aromatic carbocycles. The van der Waals surface area contributed by atoms with E-state index >= 15 is 0 Å². The molecule has 0 spiro atoms. The summed E-state index contributed by atoms with van der Waals surface area (Å²) in [6.45, 7) is 8.00. The lowest BCUT2D eigenvalue weighted by molar-refractivity contribution is 0.271. The Hall–Kier alpha value is -0.170. The Morgan fingerprint density at radius 1 is 1.26 bits per heavy atom. The zero-order valence-electron chi connectivity index (χ0n) is 12.4. The van der Waals surface area contributed by atoms with E-state index in [1.807, 2.05) is 6.92 Å². The molecule has 19 heavy (non-hydrogen) atoms. The smallest absolute Gasteiger partial charge is 0.279 e. The Labute approximate surface area is 118 Å². The van der Waals surface area contributed by atoms with Gasteiger partial charge < -0.3 is 5.73 Å². The van der Waals surface area contributed by atoms with E-state index in [1.54, 1.807) is 4.31 Å². The molecule has 0 saturated carbocycles. The minimum Gasteiger partial charge on any atom is -0.330 e. The summed E-state index contributed by atoms with van der Waals surface area (Å²) < 4.78 is 29.0. The van der Waals surface area contributed by atoms with Crippen molar-refractivity contribution in [3.05, 3.63) is 0 Å². The highest BCUT2D eigenvalue weighted by Crippen LogP contribution is 2.19. The van der Waals surface area contributed by atoms with Crippen LogP contribution in [0.2, 0.25) is 0 Å². The maximum Gasteiger partial charge on any atom is 0.279 e. The van der Waals surface area contributed by atoms with Crippen LogP contribution in [0.3, 0.4) is 0 Å². The van der Waals surface area contributed by atoms with E-state index in [1.165, 1.54) is 0 Å². The molecule has 0 aromatic rings. The van der Waals surface area contributed by atoms with Crippen LogP contribution in [0.1, 0.15) is 46.5 Å². The fourth-order valence-corrected chi connectivity index (χ4v) is 4.29. The summed E-state index contributed by atoms with van der Waals surface area (Å²) in [4.78, 5) is 0. The van der Waals surface area contributed by atoms with Crippen LogP contribution in [0.5, 0.6) is 0 Å². The molecule has 0 aromatic heterocycles. The van der Waals surface area contributed by atoms with Gasteiger partial charge in [-0.3, -0.25) is 0 Å². The van der Waals surface area contributed by atoms with Gasteiger partial charge in [0.2, 0.25) is 0 Å². The van der Waals surface area contributed by atoms with Gasteiger partial charge in [0.25, 0.3) is 10.2 Å². The molecule has 0 radical (unpaired) electrons. The SMILES string of the molecule is CCC(CC)C(C)NS(=O)(=O)N1CCC(CN)CC1. The van der Waals surface area contributed by atoms with Gasteiger partial charge in [0.1, 0.15) is 0 Å². The van der Waals surface area contributed by atoms with Gasteiger partial charge in [-0.1, -0.05) is 26.7 Å². The van der Waals surface area contributed by atoms with Crippen LogP contribution in [-0.4, -0.2) is 38.4 Å². The molecule has 1 heterocycles.